The zero-order valence-corrected chi connectivity index (χ0v) is 15.9. The standard InChI is InChI=1S/C23H25NO3/c1-4-21(27-22-11-7-9-17-8-5-6-10-20(17)22)23(25)24-18-12-14-19(15-13-18)26-16(2)3/h5-16,21H,4H2,1-3H3,(H,24,25)/t21-/m0/s1. The maximum Gasteiger partial charge on any atom is 0.265 e. The van der Waals surface area contributed by atoms with Gasteiger partial charge >= 0.3 is 0 Å². The third-order valence-corrected chi connectivity index (χ3v) is 4.18. The van der Waals surface area contributed by atoms with Crippen molar-refractivity contribution in [2.75, 3.05) is 5.32 Å². The normalized spacial score (nSPS) is 12.0. The lowest BCUT2D eigenvalue weighted by molar-refractivity contribution is -0.122. The average molecular weight is 363 g/mol. The van der Waals surface area contributed by atoms with E-state index in [2.05, 4.69) is 5.32 Å². The van der Waals surface area contributed by atoms with E-state index in [0.29, 0.717) is 6.42 Å². The molecule has 0 saturated carbocycles. The van der Waals surface area contributed by atoms with Crippen molar-refractivity contribution >= 4 is 22.4 Å². The minimum absolute atomic E-state index is 0.115. The third-order valence-electron chi connectivity index (χ3n) is 4.18. The van der Waals surface area contributed by atoms with Crippen LogP contribution >= 0.6 is 0 Å². The number of carbonyl (C=O) groups excluding carboxylic acids is 1. The molecule has 0 heterocycles. The van der Waals surface area contributed by atoms with Crippen LogP contribution in [0, 0.1) is 0 Å². The van der Waals surface area contributed by atoms with Gasteiger partial charge in [-0.1, -0.05) is 43.3 Å². The van der Waals surface area contributed by atoms with Gasteiger partial charge in [0.25, 0.3) is 5.91 Å². The molecule has 0 radical (unpaired) electrons. The minimum Gasteiger partial charge on any atom is -0.491 e. The second-order valence-corrected chi connectivity index (χ2v) is 6.67. The molecule has 0 aromatic heterocycles. The maximum absolute atomic E-state index is 12.7. The molecule has 140 valence electrons. The first-order valence-corrected chi connectivity index (χ1v) is 9.29. The summed E-state index contributed by atoms with van der Waals surface area (Å²) in [7, 11) is 0. The van der Waals surface area contributed by atoms with E-state index < -0.39 is 6.10 Å². The Bertz CT molecular complexity index is 898. The van der Waals surface area contributed by atoms with Crippen LogP contribution in [-0.2, 0) is 4.79 Å². The number of carbonyl (C=O) groups is 1. The monoisotopic (exact) mass is 363 g/mol. The summed E-state index contributed by atoms with van der Waals surface area (Å²) in [5.74, 6) is 1.33. The zero-order chi connectivity index (χ0) is 19.2. The topological polar surface area (TPSA) is 47.6 Å². The summed E-state index contributed by atoms with van der Waals surface area (Å²) < 4.78 is 11.7. The molecule has 1 atom stereocenters. The summed E-state index contributed by atoms with van der Waals surface area (Å²) in [5.41, 5.74) is 0.719. The van der Waals surface area contributed by atoms with Gasteiger partial charge in [-0.05, 0) is 56.0 Å². The molecule has 1 N–H and O–H groups in total. The van der Waals surface area contributed by atoms with Gasteiger partial charge in [-0.2, -0.15) is 0 Å². The van der Waals surface area contributed by atoms with Crippen LogP contribution in [0.25, 0.3) is 10.8 Å². The van der Waals surface area contributed by atoms with E-state index in [1.807, 2.05) is 87.5 Å². The highest BCUT2D eigenvalue weighted by atomic mass is 16.5. The molecule has 0 aliphatic heterocycles. The summed E-state index contributed by atoms with van der Waals surface area (Å²) in [4.78, 5) is 12.7. The van der Waals surface area contributed by atoms with Gasteiger partial charge in [0.2, 0.25) is 0 Å². The van der Waals surface area contributed by atoms with Crippen LogP contribution in [0.3, 0.4) is 0 Å². The van der Waals surface area contributed by atoms with E-state index in [0.717, 1.165) is 28.0 Å². The van der Waals surface area contributed by atoms with Crippen LogP contribution in [0.2, 0.25) is 0 Å². The van der Waals surface area contributed by atoms with Gasteiger partial charge in [-0.15, -0.1) is 0 Å². The number of nitrogens with one attached hydrogen (secondary N) is 1. The average Bonchev–Trinajstić information content (AvgIpc) is 2.67. The molecule has 0 spiro atoms. The van der Waals surface area contributed by atoms with Crippen molar-refractivity contribution in [2.45, 2.75) is 39.4 Å². The van der Waals surface area contributed by atoms with Crippen LogP contribution in [0.4, 0.5) is 5.69 Å². The highest BCUT2D eigenvalue weighted by Gasteiger charge is 2.19. The highest BCUT2D eigenvalue weighted by molar-refractivity contribution is 5.95. The Morgan fingerprint density at radius 2 is 1.63 bits per heavy atom. The Morgan fingerprint density at radius 3 is 2.33 bits per heavy atom. The lowest BCUT2D eigenvalue weighted by Gasteiger charge is -2.19. The van der Waals surface area contributed by atoms with Crippen molar-refractivity contribution in [1.82, 2.24) is 0 Å². The number of amides is 1. The molecule has 0 aliphatic carbocycles. The quantitative estimate of drug-likeness (QED) is 0.609. The van der Waals surface area contributed by atoms with Gasteiger partial charge in [0, 0.05) is 11.1 Å². The summed E-state index contributed by atoms with van der Waals surface area (Å²) in [6, 6.07) is 21.2. The van der Waals surface area contributed by atoms with Crippen LogP contribution in [-0.4, -0.2) is 18.1 Å². The van der Waals surface area contributed by atoms with Gasteiger partial charge in [0.15, 0.2) is 6.10 Å². The molecule has 0 aliphatic rings. The lowest BCUT2D eigenvalue weighted by atomic mass is 10.1. The molecule has 0 unspecified atom stereocenters. The fraction of sp³-hybridized carbons (Fsp3) is 0.261. The fourth-order valence-electron chi connectivity index (χ4n) is 2.89. The van der Waals surface area contributed by atoms with E-state index in [4.69, 9.17) is 9.47 Å². The van der Waals surface area contributed by atoms with E-state index in [1.165, 1.54) is 0 Å². The molecule has 3 aromatic carbocycles. The van der Waals surface area contributed by atoms with Gasteiger partial charge in [-0.25, -0.2) is 0 Å². The second kappa shape index (κ2) is 8.58. The Hall–Kier alpha value is -3.01. The molecule has 0 saturated heterocycles. The summed E-state index contributed by atoms with van der Waals surface area (Å²) in [5, 5.41) is 5.01. The number of benzene rings is 3. The van der Waals surface area contributed by atoms with Crippen molar-refractivity contribution in [1.29, 1.82) is 0 Å². The summed E-state index contributed by atoms with van der Waals surface area (Å²) in [6.07, 6.45) is 0.121. The number of hydrogen-bond acceptors (Lipinski definition) is 3. The largest absolute Gasteiger partial charge is 0.491 e. The minimum atomic E-state index is -0.567. The third kappa shape index (κ3) is 4.79. The Kier molecular flexibility index (Phi) is 5.97. The molecule has 4 heteroatoms. The van der Waals surface area contributed by atoms with Gasteiger partial charge in [0.05, 0.1) is 6.10 Å². The predicted molar refractivity (Wildman–Crippen MR) is 109 cm³/mol. The number of anilines is 1. The molecular weight excluding hydrogens is 338 g/mol. The molecule has 3 rings (SSSR count). The van der Waals surface area contributed by atoms with Gasteiger partial charge in [-0.3, -0.25) is 4.79 Å². The first-order valence-electron chi connectivity index (χ1n) is 9.29. The van der Waals surface area contributed by atoms with Crippen LogP contribution < -0.4 is 14.8 Å². The Labute approximate surface area is 160 Å². The molecule has 0 bridgehead atoms. The van der Waals surface area contributed by atoms with Crippen molar-refractivity contribution in [3.8, 4) is 11.5 Å². The molecule has 1 amide bonds. The van der Waals surface area contributed by atoms with Crippen molar-refractivity contribution in [2.24, 2.45) is 0 Å². The smallest absolute Gasteiger partial charge is 0.265 e. The summed E-state index contributed by atoms with van der Waals surface area (Å²) >= 11 is 0. The van der Waals surface area contributed by atoms with Crippen molar-refractivity contribution < 1.29 is 14.3 Å². The van der Waals surface area contributed by atoms with Gasteiger partial charge < -0.3 is 14.8 Å². The molecule has 4 nitrogen and oxygen atoms in total. The number of rotatable bonds is 7. The van der Waals surface area contributed by atoms with E-state index in [1.54, 1.807) is 0 Å². The first kappa shape index (κ1) is 18.8. The maximum atomic E-state index is 12.7. The Morgan fingerprint density at radius 1 is 0.926 bits per heavy atom. The molecule has 27 heavy (non-hydrogen) atoms. The van der Waals surface area contributed by atoms with Crippen LogP contribution in [0.5, 0.6) is 11.5 Å². The SMILES string of the molecule is CC[C@H](Oc1cccc2ccccc12)C(=O)Nc1ccc(OC(C)C)cc1. The lowest BCUT2D eigenvalue weighted by Crippen LogP contribution is -2.32. The summed E-state index contributed by atoms with van der Waals surface area (Å²) in [6.45, 7) is 5.90. The van der Waals surface area contributed by atoms with E-state index in [-0.39, 0.29) is 12.0 Å². The first-order chi connectivity index (χ1) is 13.1. The number of fused-ring (bicyclic) bond motifs is 1. The second-order valence-electron chi connectivity index (χ2n) is 6.67. The van der Waals surface area contributed by atoms with Crippen molar-refractivity contribution in [3.63, 3.8) is 0 Å². The predicted octanol–water partition coefficient (Wildman–Crippen LogP) is 5.42. The molecule has 0 fully saturated rings. The molecule has 3 aromatic rings. The van der Waals surface area contributed by atoms with Crippen LogP contribution in [0.1, 0.15) is 27.2 Å². The highest BCUT2D eigenvalue weighted by Crippen LogP contribution is 2.27. The van der Waals surface area contributed by atoms with Gasteiger partial charge in [0.1, 0.15) is 11.5 Å². The van der Waals surface area contributed by atoms with Crippen molar-refractivity contribution in [3.05, 3.63) is 66.7 Å². The number of hydrogen-bond donors (Lipinski definition) is 1. The van der Waals surface area contributed by atoms with Crippen LogP contribution in [0.15, 0.2) is 66.7 Å². The zero-order valence-electron chi connectivity index (χ0n) is 15.9. The Balaban J connectivity index is 1.70. The van der Waals surface area contributed by atoms with E-state index in [9.17, 15) is 4.79 Å². The molecular formula is C23H25NO3. The fourth-order valence-corrected chi connectivity index (χ4v) is 2.89. The van der Waals surface area contributed by atoms with E-state index >= 15 is 0 Å². The number of ether oxygens (including phenoxy) is 2.